The number of nitrogens with zero attached hydrogens (tertiary/aromatic N) is 1. The molecule has 3 nitrogen and oxygen atoms in total. The molecule has 1 aromatic rings. The summed E-state index contributed by atoms with van der Waals surface area (Å²) in [7, 11) is 2.04. The molecule has 1 saturated heterocycles. The lowest BCUT2D eigenvalue weighted by atomic mass is 10.3. The minimum atomic E-state index is -0.158. The van der Waals surface area contributed by atoms with Gasteiger partial charge in [-0.15, -0.1) is 23.5 Å². The smallest absolute Gasteiger partial charge is 0.334 e. The van der Waals surface area contributed by atoms with E-state index in [2.05, 4.69) is 4.90 Å². The third-order valence-electron chi connectivity index (χ3n) is 2.05. The molecule has 5 heteroatoms. The van der Waals surface area contributed by atoms with Crippen LogP contribution in [-0.4, -0.2) is 34.3 Å². The molecular weight excluding hydrogens is 242 g/mol. The van der Waals surface area contributed by atoms with E-state index >= 15 is 0 Å². The number of carbonyl (C=O) groups excluding carboxylic acids is 1. The monoisotopic (exact) mass is 255 g/mol. The van der Waals surface area contributed by atoms with E-state index in [0.29, 0.717) is 5.75 Å². The SMILES string of the molecule is CN1CSC(C(=O)Oc2ccccc2)SC1. The van der Waals surface area contributed by atoms with Crippen LogP contribution in [0.1, 0.15) is 0 Å². The highest BCUT2D eigenvalue weighted by molar-refractivity contribution is 8.18. The predicted octanol–water partition coefficient (Wildman–Crippen LogP) is 2.24. The van der Waals surface area contributed by atoms with Gasteiger partial charge in [0.25, 0.3) is 0 Å². The third kappa shape index (κ3) is 3.17. The first-order valence-corrected chi connectivity index (χ1v) is 7.04. The van der Waals surface area contributed by atoms with Gasteiger partial charge in [0.1, 0.15) is 5.75 Å². The normalized spacial score (nSPS) is 18.3. The van der Waals surface area contributed by atoms with E-state index in [9.17, 15) is 4.79 Å². The van der Waals surface area contributed by atoms with Crippen molar-refractivity contribution in [3.63, 3.8) is 0 Å². The lowest BCUT2D eigenvalue weighted by molar-refractivity contribution is -0.132. The summed E-state index contributed by atoms with van der Waals surface area (Å²) in [5.41, 5.74) is 0. The van der Waals surface area contributed by atoms with Crippen molar-refractivity contribution in [1.29, 1.82) is 0 Å². The van der Waals surface area contributed by atoms with Gasteiger partial charge in [0.05, 0.1) is 0 Å². The topological polar surface area (TPSA) is 29.5 Å². The van der Waals surface area contributed by atoms with Gasteiger partial charge in [-0.1, -0.05) is 18.2 Å². The van der Waals surface area contributed by atoms with E-state index in [1.54, 1.807) is 35.7 Å². The summed E-state index contributed by atoms with van der Waals surface area (Å²) in [4.78, 5) is 14.0. The second kappa shape index (κ2) is 5.61. The van der Waals surface area contributed by atoms with E-state index in [0.717, 1.165) is 11.8 Å². The number of benzene rings is 1. The van der Waals surface area contributed by atoms with Crippen molar-refractivity contribution < 1.29 is 9.53 Å². The van der Waals surface area contributed by atoms with Gasteiger partial charge in [0.15, 0.2) is 4.58 Å². The first-order valence-electron chi connectivity index (χ1n) is 4.94. The van der Waals surface area contributed by atoms with Gasteiger partial charge in [0.2, 0.25) is 0 Å². The van der Waals surface area contributed by atoms with Crippen molar-refractivity contribution in [2.75, 3.05) is 18.8 Å². The van der Waals surface area contributed by atoms with Gasteiger partial charge < -0.3 is 4.74 Å². The maximum Gasteiger partial charge on any atom is 0.334 e. The van der Waals surface area contributed by atoms with Crippen LogP contribution in [0.3, 0.4) is 0 Å². The van der Waals surface area contributed by atoms with Crippen molar-refractivity contribution >= 4 is 29.5 Å². The van der Waals surface area contributed by atoms with Crippen LogP contribution in [0.4, 0.5) is 0 Å². The van der Waals surface area contributed by atoms with Crippen LogP contribution in [0.15, 0.2) is 30.3 Å². The van der Waals surface area contributed by atoms with Crippen LogP contribution in [0, 0.1) is 0 Å². The fourth-order valence-corrected chi connectivity index (χ4v) is 3.46. The van der Waals surface area contributed by atoms with Gasteiger partial charge in [-0.05, 0) is 19.2 Å². The summed E-state index contributed by atoms with van der Waals surface area (Å²) in [5, 5.41) is 0. The summed E-state index contributed by atoms with van der Waals surface area (Å²) in [6, 6.07) is 9.20. The van der Waals surface area contributed by atoms with Gasteiger partial charge in [-0.3, -0.25) is 4.90 Å². The summed E-state index contributed by atoms with van der Waals surface area (Å²) in [6.45, 7) is 0. The molecule has 1 aromatic carbocycles. The second-order valence-corrected chi connectivity index (χ2v) is 5.94. The molecule has 2 rings (SSSR count). The molecule has 1 aliphatic rings. The Morgan fingerprint density at radius 2 is 1.94 bits per heavy atom. The van der Waals surface area contributed by atoms with Crippen molar-refractivity contribution in [2.45, 2.75) is 4.58 Å². The molecule has 86 valence electrons. The molecule has 1 fully saturated rings. The van der Waals surface area contributed by atoms with Crippen LogP contribution in [0.5, 0.6) is 5.75 Å². The first kappa shape index (κ1) is 11.8. The average molecular weight is 255 g/mol. The standard InChI is InChI=1S/C11H13NO2S2/c1-12-7-15-11(16-8-12)10(13)14-9-5-3-2-4-6-9/h2-6,11H,7-8H2,1H3. The Bertz CT molecular complexity index is 350. The second-order valence-electron chi connectivity index (χ2n) is 3.51. The number of para-hydroxylation sites is 1. The first-order chi connectivity index (χ1) is 7.75. The number of rotatable bonds is 2. The highest BCUT2D eigenvalue weighted by atomic mass is 32.2. The minimum Gasteiger partial charge on any atom is -0.425 e. The van der Waals surface area contributed by atoms with Crippen molar-refractivity contribution in [2.24, 2.45) is 0 Å². The van der Waals surface area contributed by atoms with Gasteiger partial charge in [-0.25, -0.2) is 4.79 Å². The van der Waals surface area contributed by atoms with Gasteiger partial charge in [0, 0.05) is 11.8 Å². The molecule has 0 radical (unpaired) electrons. The lowest BCUT2D eigenvalue weighted by Crippen LogP contribution is -2.31. The van der Waals surface area contributed by atoms with E-state index in [1.807, 2.05) is 25.2 Å². The Balaban J connectivity index is 1.89. The van der Waals surface area contributed by atoms with E-state index < -0.39 is 0 Å². The van der Waals surface area contributed by atoms with E-state index in [-0.39, 0.29) is 10.6 Å². The number of carbonyl (C=O) groups is 1. The summed E-state index contributed by atoms with van der Waals surface area (Å²) >= 11 is 3.23. The van der Waals surface area contributed by atoms with Crippen LogP contribution in [0.2, 0.25) is 0 Å². The highest BCUT2D eigenvalue weighted by Gasteiger charge is 2.26. The maximum atomic E-state index is 11.8. The molecule has 0 unspecified atom stereocenters. The molecule has 0 atom stereocenters. The minimum absolute atomic E-state index is 0.101. The Morgan fingerprint density at radius 1 is 1.31 bits per heavy atom. The molecule has 0 bridgehead atoms. The molecule has 0 N–H and O–H groups in total. The molecule has 0 aromatic heterocycles. The molecule has 0 saturated carbocycles. The number of hydrogen-bond donors (Lipinski definition) is 0. The molecule has 0 aliphatic carbocycles. The van der Waals surface area contributed by atoms with Crippen LogP contribution < -0.4 is 4.74 Å². The lowest BCUT2D eigenvalue weighted by Gasteiger charge is -2.26. The Kier molecular flexibility index (Phi) is 4.15. The fourth-order valence-electron chi connectivity index (χ4n) is 1.26. The molecular formula is C11H13NO2S2. The number of hydrogen-bond acceptors (Lipinski definition) is 5. The van der Waals surface area contributed by atoms with Crippen LogP contribution in [0.25, 0.3) is 0 Å². The van der Waals surface area contributed by atoms with E-state index in [4.69, 9.17) is 4.74 Å². The third-order valence-corrected chi connectivity index (χ3v) is 5.03. The van der Waals surface area contributed by atoms with Crippen LogP contribution in [-0.2, 0) is 4.79 Å². The largest absolute Gasteiger partial charge is 0.425 e. The zero-order chi connectivity index (χ0) is 11.4. The van der Waals surface area contributed by atoms with Crippen LogP contribution >= 0.6 is 23.5 Å². The predicted molar refractivity (Wildman–Crippen MR) is 68.5 cm³/mol. The maximum absolute atomic E-state index is 11.8. The number of ether oxygens (including phenoxy) is 1. The highest BCUT2D eigenvalue weighted by Crippen LogP contribution is 2.31. The fraction of sp³-hybridized carbons (Fsp3) is 0.364. The number of esters is 1. The molecule has 0 spiro atoms. The molecule has 1 aliphatic heterocycles. The molecule has 1 heterocycles. The zero-order valence-electron chi connectivity index (χ0n) is 8.96. The molecule has 0 amide bonds. The van der Waals surface area contributed by atoms with E-state index in [1.165, 1.54) is 0 Å². The Labute approximate surface area is 104 Å². The van der Waals surface area contributed by atoms with Gasteiger partial charge >= 0.3 is 5.97 Å². The Morgan fingerprint density at radius 3 is 2.56 bits per heavy atom. The van der Waals surface area contributed by atoms with Crippen molar-refractivity contribution in [3.05, 3.63) is 30.3 Å². The molecule has 16 heavy (non-hydrogen) atoms. The van der Waals surface area contributed by atoms with Gasteiger partial charge in [-0.2, -0.15) is 0 Å². The number of thioether (sulfide) groups is 2. The zero-order valence-corrected chi connectivity index (χ0v) is 10.6. The average Bonchev–Trinajstić information content (AvgIpc) is 2.31. The summed E-state index contributed by atoms with van der Waals surface area (Å²) in [5.74, 6) is 2.21. The quantitative estimate of drug-likeness (QED) is 0.597. The summed E-state index contributed by atoms with van der Waals surface area (Å²) < 4.78 is 5.19. The summed E-state index contributed by atoms with van der Waals surface area (Å²) in [6.07, 6.45) is 0. The Hall–Kier alpha value is -0.650. The van der Waals surface area contributed by atoms with Crippen molar-refractivity contribution in [1.82, 2.24) is 4.90 Å². The van der Waals surface area contributed by atoms with Crippen molar-refractivity contribution in [3.8, 4) is 5.75 Å².